The van der Waals surface area contributed by atoms with Crippen molar-refractivity contribution in [3.63, 3.8) is 0 Å². The maximum Gasteiger partial charge on any atom is 0.185 e. The van der Waals surface area contributed by atoms with Gasteiger partial charge in [0.1, 0.15) is 0 Å². The molecule has 3 rings (SSSR count). The summed E-state index contributed by atoms with van der Waals surface area (Å²) < 4.78 is 5.40. The molecule has 0 radical (unpaired) electrons. The van der Waals surface area contributed by atoms with Crippen LogP contribution in [0.4, 0.5) is 5.13 Å². The molecule has 1 aromatic heterocycles. The Labute approximate surface area is 124 Å². The molecule has 2 aliphatic rings. The molecule has 0 amide bonds. The van der Waals surface area contributed by atoms with E-state index in [0.717, 1.165) is 50.5 Å². The molecule has 1 saturated heterocycles. The van der Waals surface area contributed by atoms with Gasteiger partial charge in [-0.2, -0.15) is 0 Å². The van der Waals surface area contributed by atoms with E-state index in [0.29, 0.717) is 6.04 Å². The van der Waals surface area contributed by atoms with E-state index in [-0.39, 0.29) is 0 Å². The molecular formula is C14H24N4OS. The number of ether oxygens (including phenoxy) is 1. The molecule has 1 aromatic rings. The third kappa shape index (κ3) is 3.69. The molecule has 5 nitrogen and oxygen atoms in total. The van der Waals surface area contributed by atoms with Crippen LogP contribution in [-0.2, 0) is 4.74 Å². The zero-order chi connectivity index (χ0) is 13.8. The highest BCUT2D eigenvalue weighted by Crippen LogP contribution is 2.21. The summed E-state index contributed by atoms with van der Waals surface area (Å²) in [5, 5.41) is 6.84. The second-order valence-corrected chi connectivity index (χ2v) is 6.50. The molecule has 1 unspecified atom stereocenters. The van der Waals surface area contributed by atoms with Crippen molar-refractivity contribution in [2.24, 2.45) is 0 Å². The van der Waals surface area contributed by atoms with Crippen LogP contribution in [-0.4, -0.2) is 68.4 Å². The molecule has 20 heavy (non-hydrogen) atoms. The summed E-state index contributed by atoms with van der Waals surface area (Å²) in [4.78, 5) is 9.35. The predicted molar refractivity (Wildman–Crippen MR) is 82.6 cm³/mol. The predicted octanol–water partition coefficient (Wildman–Crippen LogP) is 1.03. The maximum atomic E-state index is 5.40. The normalized spacial score (nSPS) is 22.1. The van der Waals surface area contributed by atoms with E-state index >= 15 is 0 Å². The molecule has 0 aromatic carbocycles. The quantitative estimate of drug-likeness (QED) is 0.814. The number of hydrogen-bond acceptors (Lipinski definition) is 6. The number of rotatable bonds is 7. The fourth-order valence-corrected chi connectivity index (χ4v) is 3.42. The Balaban J connectivity index is 1.48. The third-order valence-electron chi connectivity index (χ3n) is 4.10. The van der Waals surface area contributed by atoms with Crippen LogP contribution < -0.4 is 10.2 Å². The van der Waals surface area contributed by atoms with Crippen LogP contribution in [0.1, 0.15) is 12.8 Å². The van der Waals surface area contributed by atoms with Crippen molar-refractivity contribution in [1.29, 1.82) is 0 Å². The smallest absolute Gasteiger partial charge is 0.185 e. The van der Waals surface area contributed by atoms with E-state index in [2.05, 4.69) is 25.5 Å². The lowest BCUT2D eigenvalue weighted by Gasteiger charge is -2.39. The summed E-state index contributed by atoms with van der Waals surface area (Å²) in [6, 6.07) is 1.27. The third-order valence-corrected chi connectivity index (χ3v) is 4.93. The highest BCUT2D eigenvalue weighted by Gasteiger charge is 2.27. The minimum Gasteiger partial charge on any atom is -0.383 e. The van der Waals surface area contributed by atoms with E-state index < -0.39 is 0 Å². The molecule has 1 aliphatic carbocycles. The van der Waals surface area contributed by atoms with Gasteiger partial charge in [0.25, 0.3) is 0 Å². The van der Waals surface area contributed by atoms with Gasteiger partial charge in [0.2, 0.25) is 0 Å². The number of aromatic nitrogens is 1. The highest BCUT2D eigenvalue weighted by atomic mass is 32.1. The van der Waals surface area contributed by atoms with E-state index in [1.165, 1.54) is 12.8 Å². The summed E-state index contributed by atoms with van der Waals surface area (Å²) in [5.41, 5.74) is 0. The first-order valence-corrected chi connectivity index (χ1v) is 8.35. The van der Waals surface area contributed by atoms with Crippen LogP contribution in [0.25, 0.3) is 0 Å². The number of nitrogens with zero attached hydrogens (tertiary/aromatic N) is 3. The molecule has 112 valence electrons. The standard InChI is InChI=1S/C14H24N4OS/c1-19-11-13(10-16-12-2-3-12)17-5-7-18(8-6-17)14-15-4-9-20-14/h4,9,12-13,16H,2-3,5-8,10-11H2,1H3. The van der Waals surface area contributed by atoms with Crippen LogP contribution in [0, 0.1) is 0 Å². The van der Waals surface area contributed by atoms with Crippen molar-refractivity contribution < 1.29 is 4.74 Å². The fourth-order valence-electron chi connectivity index (χ4n) is 2.73. The van der Waals surface area contributed by atoms with Crippen molar-refractivity contribution in [1.82, 2.24) is 15.2 Å². The van der Waals surface area contributed by atoms with Gasteiger partial charge in [0.05, 0.1) is 6.61 Å². The Morgan fingerprint density at radius 1 is 1.40 bits per heavy atom. The molecule has 6 heteroatoms. The monoisotopic (exact) mass is 296 g/mol. The van der Waals surface area contributed by atoms with Gasteiger partial charge in [0, 0.05) is 63.5 Å². The Morgan fingerprint density at radius 3 is 2.80 bits per heavy atom. The summed E-state index contributed by atoms with van der Waals surface area (Å²) in [7, 11) is 1.80. The SMILES string of the molecule is COCC(CNC1CC1)N1CCN(c2nccs2)CC1. The second-order valence-electron chi connectivity index (χ2n) is 5.63. The van der Waals surface area contributed by atoms with Gasteiger partial charge in [-0.25, -0.2) is 4.98 Å². The van der Waals surface area contributed by atoms with Crippen LogP contribution >= 0.6 is 11.3 Å². The maximum absolute atomic E-state index is 5.40. The van der Waals surface area contributed by atoms with Crippen LogP contribution in [0.3, 0.4) is 0 Å². The van der Waals surface area contributed by atoms with Gasteiger partial charge in [-0.05, 0) is 12.8 Å². The van der Waals surface area contributed by atoms with Crippen molar-refractivity contribution in [3.05, 3.63) is 11.6 Å². The number of anilines is 1. The summed E-state index contributed by atoms with van der Waals surface area (Å²) in [5.74, 6) is 0. The lowest BCUT2D eigenvalue weighted by molar-refractivity contribution is 0.0849. The van der Waals surface area contributed by atoms with Crippen LogP contribution in [0.15, 0.2) is 11.6 Å². The number of hydrogen-bond donors (Lipinski definition) is 1. The van der Waals surface area contributed by atoms with Gasteiger partial charge in [0.15, 0.2) is 5.13 Å². The Bertz CT molecular complexity index is 388. The minimum absolute atomic E-state index is 0.499. The number of nitrogens with one attached hydrogen (secondary N) is 1. The Morgan fingerprint density at radius 2 is 2.20 bits per heavy atom. The first-order chi connectivity index (χ1) is 9.86. The molecule has 1 saturated carbocycles. The molecule has 1 N–H and O–H groups in total. The van der Waals surface area contributed by atoms with Gasteiger partial charge in [-0.15, -0.1) is 11.3 Å². The molecule has 0 bridgehead atoms. The Kier molecular flexibility index (Phi) is 4.88. The Hall–Kier alpha value is -0.690. The van der Waals surface area contributed by atoms with E-state index in [9.17, 15) is 0 Å². The lowest BCUT2D eigenvalue weighted by atomic mass is 10.2. The van der Waals surface area contributed by atoms with Crippen molar-refractivity contribution in [3.8, 4) is 0 Å². The van der Waals surface area contributed by atoms with Gasteiger partial charge >= 0.3 is 0 Å². The lowest BCUT2D eigenvalue weighted by Crippen LogP contribution is -2.54. The topological polar surface area (TPSA) is 40.6 Å². The van der Waals surface area contributed by atoms with E-state index in [1.807, 2.05) is 6.20 Å². The van der Waals surface area contributed by atoms with Crippen LogP contribution in [0.5, 0.6) is 0 Å². The first kappa shape index (κ1) is 14.3. The molecule has 1 atom stereocenters. The summed E-state index contributed by atoms with van der Waals surface area (Å²) >= 11 is 1.73. The molecule has 0 spiro atoms. The van der Waals surface area contributed by atoms with Crippen LogP contribution in [0.2, 0.25) is 0 Å². The second kappa shape index (κ2) is 6.85. The van der Waals surface area contributed by atoms with Gasteiger partial charge in [-0.1, -0.05) is 0 Å². The van der Waals surface area contributed by atoms with Crippen molar-refractivity contribution in [2.75, 3.05) is 51.3 Å². The zero-order valence-corrected chi connectivity index (χ0v) is 12.9. The van der Waals surface area contributed by atoms with Gasteiger partial charge in [-0.3, -0.25) is 4.90 Å². The summed E-state index contributed by atoms with van der Waals surface area (Å²) in [6.07, 6.45) is 4.58. The summed E-state index contributed by atoms with van der Waals surface area (Å²) in [6.45, 7) is 6.20. The fraction of sp³-hybridized carbons (Fsp3) is 0.786. The average molecular weight is 296 g/mol. The number of piperazine rings is 1. The average Bonchev–Trinajstić information content (AvgIpc) is 3.15. The number of methoxy groups -OCH3 is 1. The molecule has 2 fully saturated rings. The van der Waals surface area contributed by atoms with Crippen molar-refractivity contribution >= 4 is 16.5 Å². The molecule has 2 heterocycles. The largest absolute Gasteiger partial charge is 0.383 e. The van der Waals surface area contributed by atoms with E-state index in [1.54, 1.807) is 18.4 Å². The minimum atomic E-state index is 0.499. The first-order valence-electron chi connectivity index (χ1n) is 7.47. The molecular weight excluding hydrogens is 272 g/mol. The van der Waals surface area contributed by atoms with E-state index in [4.69, 9.17) is 4.74 Å². The number of thiazole rings is 1. The molecule has 1 aliphatic heterocycles. The van der Waals surface area contributed by atoms with Gasteiger partial charge < -0.3 is 15.0 Å². The van der Waals surface area contributed by atoms with Crippen molar-refractivity contribution in [2.45, 2.75) is 24.9 Å². The zero-order valence-electron chi connectivity index (χ0n) is 12.1. The highest BCUT2D eigenvalue weighted by molar-refractivity contribution is 7.13.